The molecule has 5 nitrogen and oxygen atoms in total. The van der Waals surface area contributed by atoms with Crippen molar-refractivity contribution < 1.29 is 23.0 Å². The Labute approximate surface area is 131 Å². The lowest BCUT2D eigenvalue weighted by molar-refractivity contribution is 0.336. The van der Waals surface area contributed by atoms with E-state index in [1.165, 1.54) is 0 Å². The second-order valence-electron chi connectivity index (χ2n) is 4.98. The lowest BCUT2D eigenvalue weighted by Crippen LogP contribution is -2.10. The van der Waals surface area contributed by atoms with E-state index < -0.39 is 11.1 Å². The number of methoxy groups -OCH3 is 1. The first kappa shape index (κ1) is 14.9. The van der Waals surface area contributed by atoms with E-state index in [4.69, 9.17) is 18.8 Å². The molecule has 1 heterocycles. The quantitative estimate of drug-likeness (QED) is 0.857. The summed E-state index contributed by atoms with van der Waals surface area (Å²) in [6, 6.07) is 12.9. The van der Waals surface area contributed by atoms with Gasteiger partial charge in [0.25, 0.3) is 0 Å². The van der Waals surface area contributed by atoms with Crippen LogP contribution in [0.3, 0.4) is 0 Å². The molecule has 1 aliphatic rings. The summed E-state index contributed by atoms with van der Waals surface area (Å²) < 4.78 is 36.5. The molecule has 1 N–H and O–H groups in total. The number of fused-ring (bicyclic) bond motifs is 1. The molecule has 2 atom stereocenters. The fraction of sp³-hybridized carbons (Fsp3) is 0.250. The van der Waals surface area contributed by atoms with Gasteiger partial charge >= 0.3 is 0 Å². The van der Waals surface area contributed by atoms with Crippen molar-refractivity contribution in [1.82, 2.24) is 0 Å². The molecule has 2 aromatic rings. The lowest BCUT2D eigenvalue weighted by Gasteiger charge is -2.09. The minimum Gasteiger partial charge on any atom is -0.497 e. The van der Waals surface area contributed by atoms with Crippen LogP contribution >= 0.6 is 0 Å². The molecule has 0 saturated heterocycles. The monoisotopic (exact) mass is 320 g/mol. The topological polar surface area (TPSA) is 65.0 Å². The van der Waals surface area contributed by atoms with Gasteiger partial charge in [-0.15, -0.1) is 0 Å². The Hall–Kier alpha value is -2.05. The van der Waals surface area contributed by atoms with Gasteiger partial charge in [0, 0.05) is 23.6 Å². The van der Waals surface area contributed by atoms with Crippen LogP contribution in [0, 0.1) is 0 Å². The molecule has 2 aromatic carbocycles. The maximum absolute atomic E-state index is 11.0. The molecule has 1 aliphatic heterocycles. The summed E-state index contributed by atoms with van der Waals surface area (Å²) in [5.41, 5.74) is 0.945. The Kier molecular flexibility index (Phi) is 4.31. The second kappa shape index (κ2) is 6.37. The highest BCUT2D eigenvalue weighted by molar-refractivity contribution is 7.79. The molecule has 0 amide bonds. The summed E-state index contributed by atoms with van der Waals surface area (Å²) in [6.07, 6.45) is 0. The zero-order valence-electron chi connectivity index (χ0n) is 12.0. The van der Waals surface area contributed by atoms with Crippen molar-refractivity contribution >= 4 is 11.1 Å². The van der Waals surface area contributed by atoms with Gasteiger partial charge in [-0.3, -0.25) is 0 Å². The fourth-order valence-corrected chi connectivity index (χ4v) is 3.05. The number of hydrogen-bond acceptors (Lipinski definition) is 4. The van der Waals surface area contributed by atoms with Crippen LogP contribution in [0.5, 0.6) is 23.0 Å². The van der Waals surface area contributed by atoms with Gasteiger partial charge in [-0.1, -0.05) is 12.1 Å². The highest BCUT2D eigenvalue weighted by Gasteiger charge is 2.26. The SMILES string of the molecule is COc1cccc(Oc2ccc3c(c2)OCC3CS(=O)O)c1. The Morgan fingerprint density at radius 2 is 2.00 bits per heavy atom. The maximum Gasteiger partial charge on any atom is 0.153 e. The maximum atomic E-state index is 11.0. The molecule has 3 rings (SSSR count). The predicted octanol–water partition coefficient (Wildman–Crippen LogP) is 3.19. The normalized spacial score (nSPS) is 17.5. The van der Waals surface area contributed by atoms with Crippen LogP contribution in [0.4, 0.5) is 0 Å². The van der Waals surface area contributed by atoms with E-state index in [-0.39, 0.29) is 11.7 Å². The largest absolute Gasteiger partial charge is 0.497 e. The standard InChI is InChI=1S/C16H16O5S/c1-19-12-3-2-4-13(7-12)21-14-5-6-15-11(10-22(17)18)9-20-16(15)8-14/h2-8,11H,9-10H2,1H3,(H,17,18). The average Bonchev–Trinajstić information content (AvgIpc) is 2.89. The Morgan fingerprint density at radius 1 is 1.23 bits per heavy atom. The van der Waals surface area contributed by atoms with E-state index >= 15 is 0 Å². The minimum atomic E-state index is -1.83. The average molecular weight is 320 g/mol. The van der Waals surface area contributed by atoms with E-state index in [0.29, 0.717) is 23.9 Å². The van der Waals surface area contributed by atoms with Crippen molar-refractivity contribution in [2.45, 2.75) is 5.92 Å². The van der Waals surface area contributed by atoms with Gasteiger partial charge in [-0.25, -0.2) is 4.21 Å². The number of ether oxygens (including phenoxy) is 3. The van der Waals surface area contributed by atoms with Gasteiger partial charge < -0.3 is 18.8 Å². The number of hydrogen-bond donors (Lipinski definition) is 1. The van der Waals surface area contributed by atoms with Gasteiger partial charge in [0.1, 0.15) is 23.0 Å². The highest BCUT2D eigenvalue weighted by atomic mass is 32.2. The van der Waals surface area contributed by atoms with E-state index in [9.17, 15) is 4.21 Å². The molecule has 0 fully saturated rings. The molecule has 0 bridgehead atoms. The van der Waals surface area contributed by atoms with Crippen LogP contribution in [0.2, 0.25) is 0 Å². The van der Waals surface area contributed by atoms with E-state index in [0.717, 1.165) is 11.3 Å². The third-order valence-corrected chi connectivity index (χ3v) is 4.17. The molecule has 0 radical (unpaired) electrons. The zero-order valence-corrected chi connectivity index (χ0v) is 12.8. The van der Waals surface area contributed by atoms with Crippen LogP contribution < -0.4 is 14.2 Å². The van der Waals surface area contributed by atoms with Crippen molar-refractivity contribution in [3.05, 3.63) is 48.0 Å². The van der Waals surface area contributed by atoms with Gasteiger partial charge in [0.15, 0.2) is 11.1 Å². The smallest absolute Gasteiger partial charge is 0.153 e. The van der Waals surface area contributed by atoms with Crippen LogP contribution in [0.1, 0.15) is 11.5 Å². The fourth-order valence-electron chi connectivity index (χ4n) is 2.43. The van der Waals surface area contributed by atoms with E-state index in [2.05, 4.69) is 0 Å². The molecule has 2 unspecified atom stereocenters. The van der Waals surface area contributed by atoms with E-state index in [1.807, 2.05) is 30.3 Å². The van der Waals surface area contributed by atoms with Crippen molar-refractivity contribution in [3.8, 4) is 23.0 Å². The van der Waals surface area contributed by atoms with Gasteiger partial charge in [-0.05, 0) is 18.2 Å². The number of rotatable bonds is 5. The first-order chi connectivity index (χ1) is 10.7. The zero-order chi connectivity index (χ0) is 15.5. The van der Waals surface area contributed by atoms with Crippen molar-refractivity contribution in [2.24, 2.45) is 0 Å². The van der Waals surface area contributed by atoms with Crippen molar-refractivity contribution in [2.75, 3.05) is 19.5 Å². The highest BCUT2D eigenvalue weighted by Crippen LogP contribution is 2.38. The molecule has 116 valence electrons. The summed E-state index contributed by atoms with van der Waals surface area (Å²) in [6.45, 7) is 0.421. The molecule has 0 aromatic heterocycles. The van der Waals surface area contributed by atoms with Crippen LogP contribution in [0.25, 0.3) is 0 Å². The van der Waals surface area contributed by atoms with Gasteiger partial charge in [0.05, 0.1) is 19.5 Å². The molecule has 0 aliphatic carbocycles. The van der Waals surface area contributed by atoms with E-state index in [1.54, 1.807) is 19.2 Å². The van der Waals surface area contributed by atoms with Gasteiger partial charge in [-0.2, -0.15) is 0 Å². The summed E-state index contributed by atoms with van der Waals surface area (Å²) in [5, 5.41) is 0. The van der Waals surface area contributed by atoms with Crippen molar-refractivity contribution in [3.63, 3.8) is 0 Å². The van der Waals surface area contributed by atoms with Crippen LogP contribution in [0.15, 0.2) is 42.5 Å². The van der Waals surface area contributed by atoms with Crippen molar-refractivity contribution in [1.29, 1.82) is 0 Å². The summed E-state index contributed by atoms with van der Waals surface area (Å²) in [5.74, 6) is 2.88. The Bertz CT molecular complexity index is 701. The second-order valence-corrected chi connectivity index (χ2v) is 5.95. The third kappa shape index (κ3) is 3.23. The summed E-state index contributed by atoms with van der Waals surface area (Å²) >= 11 is -1.83. The summed E-state index contributed by atoms with van der Waals surface area (Å²) in [4.78, 5) is 0. The summed E-state index contributed by atoms with van der Waals surface area (Å²) in [7, 11) is 1.60. The molecule has 0 spiro atoms. The van der Waals surface area contributed by atoms with Crippen LogP contribution in [-0.4, -0.2) is 28.2 Å². The molecular weight excluding hydrogens is 304 g/mol. The number of benzene rings is 2. The minimum absolute atomic E-state index is 0.0493. The molecule has 22 heavy (non-hydrogen) atoms. The molecular formula is C16H16O5S. The van der Waals surface area contributed by atoms with Gasteiger partial charge in [0.2, 0.25) is 0 Å². The molecule has 0 saturated carbocycles. The predicted molar refractivity (Wildman–Crippen MR) is 83.4 cm³/mol. The molecule has 6 heteroatoms. The Morgan fingerprint density at radius 3 is 2.77 bits per heavy atom. The Balaban J connectivity index is 1.78. The first-order valence-electron chi connectivity index (χ1n) is 6.82. The first-order valence-corrected chi connectivity index (χ1v) is 8.09. The van der Waals surface area contributed by atoms with Crippen LogP contribution in [-0.2, 0) is 11.1 Å². The third-order valence-electron chi connectivity index (χ3n) is 3.49. The lowest BCUT2D eigenvalue weighted by atomic mass is 10.0.